The van der Waals surface area contributed by atoms with Crippen LogP contribution >= 0.6 is 0 Å². The first kappa shape index (κ1) is 12.8. The summed E-state index contributed by atoms with van der Waals surface area (Å²) in [4.78, 5) is 0. The molecule has 0 radical (unpaired) electrons. The predicted molar refractivity (Wildman–Crippen MR) is 69.0 cm³/mol. The van der Waals surface area contributed by atoms with Crippen molar-refractivity contribution in [1.82, 2.24) is 0 Å². The van der Waals surface area contributed by atoms with Crippen LogP contribution in [0.25, 0.3) is 0 Å². The molecule has 1 rings (SSSR count). The van der Waals surface area contributed by atoms with E-state index in [0.717, 1.165) is 11.8 Å². The molecule has 1 unspecified atom stereocenters. The summed E-state index contributed by atoms with van der Waals surface area (Å²) < 4.78 is 0. The van der Waals surface area contributed by atoms with Gasteiger partial charge in [-0.3, -0.25) is 0 Å². The first-order chi connectivity index (χ1) is 6.85. The van der Waals surface area contributed by atoms with Gasteiger partial charge in [-0.25, -0.2) is 0 Å². The van der Waals surface area contributed by atoms with Crippen LogP contribution in [0, 0.1) is 17.3 Å². The van der Waals surface area contributed by atoms with E-state index >= 15 is 0 Å². The first-order valence-corrected chi connectivity index (χ1v) is 6.54. The van der Waals surface area contributed by atoms with E-state index in [9.17, 15) is 0 Å². The molecular formula is C15H28. The lowest BCUT2D eigenvalue weighted by atomic mass is 9.65. The van der Waals surface area contributed by atoms with Crippen molar-refractivity contribution in [3.8, 4) is 0 Å². The van der Waals surface area contributed by atoms with E-state index in [1.807, 2.05) is 0 Å². The zero-order valence-corrected chi connectivity index (χ0v) is 11.5. The predicted octanol–water partition coefficient (Wildman–Crippen LogP) is 5.20. The van der Waals surface area contributed by atoms with Crippen molar-refractivity contribution >= 4 is 0 Å². The smallest absolute Gasteiger partial charge is 0.0116 e. The topological polar surface area (TPSA) is 0 Å². The van der Waals surface area contributed by atoms with E-state index in [2.05, 4.69) is 41.5 Å². The average molecular weight is 208 g/mol. The largest absolute Gasteiger partial charge is 0.0736 e. The molecular weight excluding hydrogens is 180 g/mol. The second-order valence-corrected chi connectivity index (χ2v) is 6.35. The standard InChI is InChI=1S/C15H28/c1-11(2)7-10-14-12(3)8-9-13(4)15(14,5)6/h11,13H,7-10H2,1-6H3. The van der Waals surface area contributed by atoms with E-state index in [4.69, 9.17) is 0 Å². The van der Waals surface area contributed by atoms with Gasteiger partial charge in [0.2, 0.25) is 0 Å². The molecule has 0 heterocycles. The molecule has 0 bridgehead atoms. The SMILES string of the molecule is CC1=C(CCC(C)C)C(C)(C)C(C)CC1. The van der Waals surface area contributed by atoms with Gasteiger partial charge in [-0.05, 0) is 49.9 Å². The third kappa shape index (κ3) is 2.86. The fourth-order valence-corrected chi connectivity index (χ4v) is 2.76. The molecule has 0 fully saturated rings. The molecule has 0 heteroatoms. The highest BCUT2D eigenvalue weighted by molar-refractivity contribution is 5.23. The quantitative estimate of drug-likeness (QED) is 0.559. The molecule has 0 aromatic carbocycles. The molecule has 0 aromatic rings. The van der Waals surface area contributed by atoms with E-state index in [0.29, 0.717) is 5.41 Å². The highest BCUT2D eigenvalue weighted by atomic mass is 14.4. The Bertz CT molecular complexity index is 243. The lowest BCUT2D eigenvalue weighted by Crippen LogP contribution is -2.29. The van der Waals surface area contributed by atoms with Gasteiger partial charge in [0.15, 0.2) is 0 Å². The summed E-state index contributed by atoms with van der Waals surface area (Å²) in [5.41, 5.74) is 3.88. The summed E-state index contributed by atoms with van der Waals surface area (Å²) >= 11 is 0. The summed E-state index contributed by atoms with van der Waals surface area (Å²) in [6.07, 6.45) is 5.38. The van der Waals surface area contributed by atoms with Gasteiger partial charge < -0.3 is 0 Å². The van der Waals surface area contributed by atoms with Gasteiger partial charge in [-0.15, -0.1) is 0 Å². The molecule has 0 aliphatic heterocycles. The minimum Gasteiger partial charge on any atom is -0.0736 e. The van der Waals surface area contributed by atoms with E-state index < -0.39 is 0 Å². The molecule has 1 atom stereocenters. The lowest BCUT2D eigenvalue weighted by Gasteiger charge is -2.40. The van der Waals surface area contributed by atoms with Gasteiger partial charge in [-0.2, -0.15) is 0 Å². The van der Waals surface area contributed by atoms with Crippen LogP contribution < -0.4 is 0 Å². The summed E-state index contributed by atoms with van der Waals surface area (Å²) in [7, 11) is 0. The zero-order chi connectivity index (χ0) is 11.6. The molecule has 0 nitrogen and oxygen atoms in total. The number of hydrogen-bond acceptors (Lipinski definition) is 0. The van der Waals surface area contributed by atoms with Gasteiger partial charge in [-0.1, -0.05) is 45.8 Å². The van der Waals surface area contributed by atoms with Gasteiger partial charge in [0.1, 0.15) is 0 Å². The Hall–Kier alpha value is -0.260. The Morgan fingerprint density at radius 3 is 2.47 bits per heavy atom. The molecule has 0 saturated carbocycles. The van der Waals surface area contributed by atoms with Gasteiger partial charge >= 0.3 is 0 Å². The van der Waals surface area contributed by atoms with Crippen molar-refractivity contribution in [2.24, 2.45) is 17.3 Å². The normalized spacial score (nSPS) is 26.2. The maximum atomic E-state index is 2.44. The van der Waals surface area contributed by atoms with Crippen molar-refractivity contribution in [2.75, 3.05) is 0 Å². The van der Waals surface area contributed by atoms with Crippen molar-refractivity contribution in [1.29, 1.82) is 0 Å². The maximum absolute atomic E-state index is 2.44. The third-order valence-electron chi connectivity index (χ3n) is 4.45. The van der Waals surface area contributed by atoms with E-state index in [-0.39, 0.29) is 0 Å². The number of hydrogen-bond donors (Lipinski definition) is 0. The van der Waals surface area contributed by atoms with Crippen LogP contribution in [0.2, 0.25) is 0 Å². The Morgan fingerprint density at radius 2 is 1.93 bits per heavy atom. The second-order valence-electron chi connectivity index (χ2n) is 6.35. The van der Waals surface area contributed by atoms with E-state index in [1.54, 1.807) is 11.1 Å². The minimum absolute atomic E-state index is 0.442. The first-order valence-electron chi connectivity index (χ1n) is 6.54. The molecule has 0 spiro atoms. The zero-order valence-electron chi connectivity index (χ0n) is 11.5. The van der Waals surface area contributed by atoms with Crippen molar-refractivity contribution in [2.45, 2.75) is 67.2 Å². The monoisotopic (exact) mass is 208 g/mol. The molecule has 0 saturated heterocycles. The van der Waals surface area contributed by atoms with Crippen LogP contribution in [0.1, 0.15) is 67.2 Å². The summed E-state index contributed by atoms with van der Waals surface area (Å²) in [6.45, 7) is 14.3. The number of rotatable bonds is 3. The fourth-order valence-electron chi connectivity index (χ4n) is 2.76. The molecule has 1 aliphatic rings. The van der Waals surface area contributed by atoms with E-state index in [1.165, 1.54) is 25.7 Å². The molecule has 88 valence electrons. The van der Waals surface area contributed by atoms with Crippen LogP contribution in [0.4, 0.5) is 0 Å². The average Bonchev–Trinajstić information content (AvgIpc) is 2.11. The Labute approximate surface area is 96.2 Å². The van der Waals surface area contributed by atoms with Gasteiger partial charge in [0.05, 0.1) is 0 Å². The summed E-state index contributed by atoms with van der Waals surface area (Å²) in [5.74, 6) is 1.68. The summed E-state index contributed by atoms with van der Waals surface area (Å²) in [5, 5.41) is 0. The number of allylic oxidation sites excluding steroid dienone is 2. The van der Waals surface area contributed by atoms with Crippen molar-refractivity contribution < 1.29 is 0 Å². The maximum Gasteiger partial charge on any atom is -0.0116 e. The third-order valence-corrected chi connectivity index (χ3v) is 4.45. The Morgan fingerprint density at radius 1 is 1.33 bits per heavy atom. The fraction of sp³-hybridized carbons (Fsp3) is 0.867. The molecule has 1 aliphatic carbocycles. The molecule has 0 N–H and O–H groups in total. The lowest BCUT2D eigenvalue weighted by molar-refractivity contribution is 0.239. The van der Waals surface area contributed by atoms with Gasteiger partial charge in [0, 0.05) is 0 Å². The summed E-state index contributed by atoms with van der Waals surface area (Å²) in [6, 6.07) is 0. The molecule has 15 heavy (non-hydrogen) atoms. The van der Waals surface area contributed by atoms with Crippen molar-refractivity contribution in [3.63, 3.8) is 0 Å². The van der Waals surface area contributed by atoms with Crippen LogP contribution in [0.5, 0.6) is 0 Å². The van der Waals surface area contributed by atoms with Gasteiger partial charge in [0.25, 0.3) is 0 Å². The van der Waals surface area contributed by atoms with Crippen LogP contribution in [-0.2, 0) is 0 Å². The van der Waals surface area contributed by atoms with Crippen LogP contribution in [0.15, 0.2) is 11.1 Å². The molecule has 0 aromatic heterocycles. The highest BCUT2D eigenvalue weighted by Crippen LogP contribution is 2.46. The Kier molecular flexibility index (Phi) is 4.03. The van der Waals surface area contributed by atoms with Crippen LogP contribution in [-0.4, -0.2) is 0 Å². The van der Waals surface area contributed by atoms with Crippen LogP contribution in [0.3, 0.4) is 0 Å². The Balaban J connectivity index is 2.80. The molecule has 0 amide bonds. The minimum atomic E-state index is 0.442. The second kappa shape index (κ2) is 4.72. The van der Waals surface area contributed by atoms with Crippen molar-refractivity contribution in [3.05, 3.63) is 11.1 Å². The highest BCUT2D eigenvalue weighted by Gasteiger charge is 2.33.